The van der Waals surface area contributed by atoms with Crippen molar-refractivity contribution in [1.82, 2.24) is 0 Å². The zero-order valence-electron chi connectivity index (χ0n) is 31.0. The lowest BCUT2D eigenvalue weighted by molar-refractivity contribution is -0.758. The van der Waals surface area contributed by atoms with Gasteiger partial charge in [-0.3, -0.25) is 0 Å². The van der Waals surface area contributed by atoms with Gasteiger partial charge in [0.25, 0.3) is 0 Å². The molecule has 0 saturated heterocycles. The second kappa shape index (κ2) is 14.3. The Morgan fingerprint density at radius 1 is 0.240 bits per heavy atom. The van der Waals surface area contributed by atoms with E-state index in [0.29, 0.717) is 0 Å². The highest BCUT2D eigenvalue weighted by atomic mass is 15.3. The van der Waals surface area contributed by atoms with Gasteiger partial charge in [0.1, 0.15) is 0 Å². The highest BCUT2D eigenvalue weighted by Crippen LogP contribution is 2.45. The van der Waals surface area contributed by atoms with Crippen LogP contribution in [-0.4, -0.2) is 70.5 Å². The van der Waals surface area contributed by atoms with Gasteiger partial charge < -0.3 is 24.5 Å². The minimum Gasteiger partial charge on any atom is -0.377 e. The van der Waals surface area contributed by atoms with Crippen LogP contribution in [-0.2, 0) is 0 Å². The topological polar surface area (TPSA) is 35.6 Å². The SMILES string of the molecule is CN(C)c1cc[n+]([C]2[C]([n+]3ccc(N(C)C)cc3)[C]([n+]3ccc(N(C)C)cc3)[C]([n+]3ccc(N(C)C)cc3)[C]2[n+]2ccc(N(C)C)cc2)cc1. The molecule has 1 saturated carbocycles. The van der Waals surface area contributed by atoms with Crippen LogP contribution in [0.3, 0.4) is 0 Å². The highest BCUT2D eigenvalue weighted by Gasteiger charge is 2.83. The van der Waals surface area contributed by atoms with Crippen LogP contribution < -0.4 is 47.3 Å². The predicted octanol–water partition coefficient (Wildman–Crippen LogP) is 2.17. The van der Waals surface area contributed by atoms with Crippen LogP contribution in [0.25, 0.3) is 0 Å². The van der Waals surface area contributed by atoms with Gasteiger partial charge in [-0.15, -0.1) is 0 Å². The van der Waals surface area contributed by atoms with Crippen molar-refractivity contribution < 1.29 is 22.8 Å². The molecular weight excluding hydrogens is 621 g/mol. The van der Waals surface area contributed by atoms with E-state index in [9.17, 15) is 0 Å². The summed E-state index contributed by atoms with van der Waals surface area (Å²) in [6, 6.07) is 26.8. The van der Waals surface area contributed by atoms with Crippen LogP contribution in [0.5, 0.6) is 0 Å². The number of anilines is 5. The van der Waals surface area contributed by atoms with E-state index < -0.39 is 0 Å². The standard InChI is InChI=1S/C40H50N10/c1-41(2)31-11-21-46(22-12-31)36-37(47-23-13-32(14-24-47)42(3)4)39(49-27-17-34(18-28-49)44(7)8)40(50-29-19-35(20-30-50)45(9)10)38(36)48-25-15-33(16-26-48)43(5)6/h11-30H,1-10H3/q+5. The average molecular weight is 671 g/mol. The second-order valence-corrected chi connectivity index (χ2v) is 13.5. The summed E-state index contributed by atoms with van der Waals surface area (Å²) in [7, 11) is 20.7. The van der Waals surface area contributed by atoms with Gasteiger partial charge in [-0.2, -0.15) is 22.8 Å². The minimum absolute atomic E-state index is 1.04. The summed E-state index contributed by atoms with van der Waals surface area (Å²) < 4.78 is 11.2. The second-order valence-electron chi connectivity index (χ2n) is 13.5. The molecule has 5 aromatic heterocycles. The fourth-order valence-corrected chi connectivity index (χ4v) is 6.11. The number of rotatable bonds is 10. The molecule has 10 heteroatoms. The molecule has 0 spiro atoms. The summed E-state index contributed by atoms with van der Waals surface area (Å²) >= 11 is 0. The Morgan fingerprint density at radius 3 is 0.460 bits per heavy atom. The van der Waals surface area contributed by atoms with E-state index in [-0.39, 0.29) is 0 Å². The molecule has 0 amide bonds. The van der Waals surface area contributed by atoms with E-state index in [4.69, 9.17) is 0 Å². The van der Waals surface area contributed by atoms with E-state index in [1.54, 1.807) is 0 Å². The van der Waals surface area contributed by atoms with Crippen LogP contribution >= 0.6 is 0 Å². The van der Waals surface area contributed by atoms with E-state index in [1.165, 1.54) is 0 Å². The molecule has 5 heterocycles. The predicted molar refractivity (Wildman–Crippen MR) is 198 cm³/mol. The van der Waals surface area contributed by atoms with Crippen molar-refractivity contribution in [3.8, 4) is 0 Å². The largest absolute Gasteiger partial charge is 0.406 e. The number of pyridine rings is 5. The average Bonchev–Trinajstić information content (AvgIpc) is 3.48. The lowest BCUT2D eigenvalue weighted by Gasteiger charge is -2.14. The quantitative estimate of drug-likeness (QED) is 0.213. The first-order valence-corrected chi connectivity index (χ1v) is 16.8. The molecular formula is C40H50N10+5. The van der Waals surface area contributed by atoms with E-state index in [1.807, 2.05) is 0 Å². The van der Waals surface area contributed by atoms with Crippen molar-refractivity contribution in [3.63, 3.8) is 0 Å². The Kier molecular flexibility index (Phi) is 9.90. The summed E-state index contributed by atoms with van der Waals surface area (Å²) in [4.78, 5) is 10.6. The van der Waals surface area contributed by atoms with Crippen LogP contribution in [0.1, 0.15) is 0 Å². The number of hydrogen-bond acceptors (Lipinski definition) is 5. The Labute approximate surface area is 298 Å². The highest BCUT2D eigenvalue weighted by molar-refractivity contribution is 5.51. The molecule has 1 aliphatic rings. The normalized spacial score (nSPS) is 14.6. The summed E-state index contributed by atoms with van der Waals surface area (Å²) in [6.07, 6.45) is 21.6. The van der Waals surface area contributed by atoms with Gasteiger partial charge in [-0.05, 0) is 0 Å². The fourth-order valence-electron chi connectivity index (χ4n) is 6.11. The van der Waals surface area contributed by atoms with E-state index in [0.717, 1.165) is 58.6 Å². The third kappa shape index (κ3) is 6.79. The summed E-state index contributed by atoms with van der Waals surface area (Å²) in [6.45, 7) is 0. The Morgan fingerprint density at radius 2 is 0.360 bits per heavy atom. The molecule has 0 N–H and O–H groups in total. The van der Waals surface area contributed by atoms with Crippen molar-refractivity contribution in [2.24, 2.45) is 0 Å². The molecule has 10 nitrogen and oxygen atoms in total. The third-order valence-corrected chi connectivity index (χ3v) is 9.05. The maximum atomic E-state index is 2.24. The molecule has 1 fully saturated rings. The van der Waals surface area contributed by atoms with Crippen molar-refractivity contribution in [1.29, 1.82) is 0 Å². The Balaban J connectivity index is 1.65. The lowest BCUT2D eigenvalue weighted by Crippen LogP contribution is -2.60. The first kappa shape index (κ1) is 34.6. The number of aromatic nitrogens is 5. The molecule has 0 aromatic carbocycles. The van der Waals surface area contributed by atoms with Crippen LogP contribution in [0, 0.1) is 30.2 Å². The number of hydrogen-bond donors (Lipinski definition) is 0. The van der Waals surface area contributed by atoms with Gasteiger partial charge in [0, 0.05) is 160 Å². The summed E-state index contributed by atoms with van der Waals surface area (Å²) in [5.74, 6) is 0. The van der Waals surface area contributed by atoms with Gasteiger partial charge >= 0.3 is 30.2 Å². The molecule has 5 radical (unpaired) electrons. The van der Waals surface area contributed by atoms with E-state index >= 15 is 0 Å². The van der Waals surface area contributed by atoms with Gasteiger partial charge in [-0.25, -0.2) is 0 Å². The van der Waals surface area contributed by atoms with Crippen LogP contribution in [0.2, 0.25) is 0 Å². The lowest BCUT2D eigenvalue weighted by atomic mass is 10.1. The maximum Gasteiger partial charge on any atom is 0.406 e. The molecule has 50 heavy (non-hydrogen) atoms. The van der Waals surface area contributed by atoms with Crippen molar-refractivity contribution in [2.75, 3.05) is 95.0 Å². The van der Waals surface area contributed by atoms with Gasteiger partial charge in [0.05, 0.1) is 0 Å². The zero-order valence-corrected chi connectivity index (χ0v) is 31.0. The molecule has 255 valence electrons. The van der Waals surface area contributed by atoms with Crippen LogP contribution in [0.15, 0.2) is 123 Å². The van der Waals surface area contributed by atoms with Gasteiger partial charge in [0.15, 0.2) is 62.0 Å². The van der Waals surface area contributed by atoms with Gasteiger partial charge in [-0.1, -0.05) is 0 Å². The van der Waals surface area contributed by atoms with Crippen molar-refractivity contribution >= 4 is 28.4 Å². The summed E-state index contributed by atoms with van der Waals surface area (Å²) in [5, 5.41) is 0. The van der Waals surface area contributed by atoms with Crippen molar-refractivity contribution in [3.05, 3.63) is 153 Å². The first-order chi connectivity index (χ1) is 23.9. The summed E-state index contributed by atoms with van der Waals surface area (Å²) in [5.41, 5.74) is 5.65. The maximum absolute atomic E-state index is 2.24. The van der Waals surface area contributed by atoms with Crippen LogP contribution in [0.4, 0.5) is 28.4 Å². The molecule has 0 unspecified atom stereocenters. The first-order valence-electron chi connectivity index (χ1n) is 16.8. The molecule has 5 aromatic rings. The monoisotopic (exact) mass is 670 g/mol. The van der Waals surface area contributed by atoms with E-state index in [2.05, 4.69) is 240 Å². The van der Waals surface area contributed by atoms with Gasteiger partial charge in [0.2, 0.25) is 0 Å². The minimum atomic E-state index is 1.04. The smallest absolute Gasteiger partial charge is 0.377 e. The molecule has 0 atom stereocenters. The third-order valence-electron chi connectivity index (χ3n) is 9.05. The molecule has 6 rings (SSSR count). The Hall–Kier alpha value is -5.25. The molecule has 1 aliphatic carbocycles. The molecule has 0 bridgehead atoms. The van der Waals surface area contributed by atoms with Crippen molar-refractivity contribution in [2.45, 2.75) is 0 Å². The fraction of sp³-hybridized carbons (Fsp3) is 0.250. The Bertz CT molecular complexity index is 1500. The zero-order chi connectivity index (χ0) is 35.7. The molecule has 0 aliphatic heterocycles. The number of nitrogens with zero attached hydrogens (tertiary/aromatic N) is 10.